The van der Waals surface area contributed by atoms with Crippen LogP contribution >= 0.6 is 31.9 Å². The fraction of sp³-hybridized carbons (Fsp3) is 0.385. The Morgan fingerprint density at radius 2 is 2.00 bits per heavy atom. The van der Waals surface area contributed by atoms with Crippen molar-refractivity contribution in [1.29, 1.82) is 0 Å². The second-order valence-electron chi connectivity index (χ2n) is 4.35. The van der Waals surface area contributed by atoms with E-state index in [1.807, 2.05) is 26.0 Å². The van der Waals surface area contributed by atoms with Crippen LogP contribution in [0.3, 0.4) is 0 Å². The molecule has 0 aliphatic rings. The van der Waals surface area contributed by atoms with Gasteiger partial charge in [0.2, 0.25) is 5.91 Å². The van der Waals surface area contributed by atoms with Crippen molar-refractivity contribution in [2.45, 2.75) is 26.7 Å². The van der Waals surface area contributed by atoms with Crippen molar-refractivity contribution in [3.05, 3.63) is 27.1 Å². The summed E-state index contributed by atoms with van der Waals surface area (Å²) in [7, 11) is 0. The lowest BCUT2D eigenvalue weighted by molar-refractivity contribution is -0.122. The maximum atomic E-state index is 12.5. The van der Waals surface area contributed by atoms with Gasteiger partial charge in [0.05, 0.1) is 5.69 Å². The lowest BCUT2D eigenvalue weighted by Crippen LogP contribution is -2.46. The first-order chi connectivity index (χ1) is 9.41. The number of oxime groups is 1. The van der Waals surface area contributed by atoms with Crippen LogP contribution in [0, 0.1) is 5.41 Å². The normalized spacial score (nSPS) is 12.3. The second kappa shape index (κ2) is 7.08. The molecule has 1 amide bonds. The van der Waals surface area contributed by atoms with Gasteiger partial charge in [0, 0.05) is 8.95 Å². The molecule has 0 bridgehead atoms. The number of carbonyl (C=O) groups is 1. The van der Waals surface area contributed by atoms with Crippen molar-refractivity contribution in [1.82, 2.24) is 0 Å². The van der Waals surface area contributed by atoms with E-state index in [2.05, 4.69) is 42.3 Å². The minimum absolute atomic E-state index is 0.0777. The van der Waals surface area contributed by atoms with Gasteiger partial charge in [-0.15, -0.1) is 0 Å². The number of hydrogen-bond donors (Lipinski definition) is 3. The number of nitrogens with two attached hydrogens (primary N) is 1. The Balaban J connectivity index is 3.12. The van der Waals surface area contributed by atoms with E-state index in [1.54, 1.807) is 6.07 Å². The average molecular weight is 407 g/mol. The summed E-state index contributed by atoms with van der Waals surface area (Å²) >= 11 is 6.73. The standard InChI is InChI=1S/C13H17Br2N3O2/c1-3-13(4-2,11(16)18-20)12(19)17-10-7-8(14)5-6-9(10)15/h5-7,20H,3-4H2,1-2H3,(H2,16,18)(H,17,19). The highest BCUT2D eigenvalue weighted by Gasteiger charge is 2.40. The van der Waals surface area contributed by atoms with Crippen molar-refractivity contribution < 1.29 is 10.0 Å². The molecule has 0 spiro atoms. The third-order valence-electron chi connectivity index (χ3n) is 3.42. The molecule has 0 aromatic heterocycles. The first-order valence-electron chi connectivity index (χ1n) is 6.15. The number of carbonyl (C=O) groups excluding carboxylic acids is 1. The van der Waals surface area contributed by atoms with E-state index in [9.17, 15) is 4.79 Å². The molecule has 7 heteroatoms. The minimum atomic E-state index is -1.02. The molecular weight excluding hydrogens is 390 g/mol. The Hall–Kier alpha value is -1.08. The summed E-state index contributed by atoms with van der Waals surface area (Å²) in [6.07, 6.45) is 0.883. The predicted octanol–water partition coefficient (Wildman–Crippen LogP) is 3.70. The van der Waals surface area contributed by atoms with Gasteiger partial charge in [-0.25, -0.2) is 0 Å². The smallest absolute Gasteiger partial charge is 0.238 e. The van der Waals surface area contributed by atoms with Crippen molar-refractivity contribution >= 4 is 49.3 Å². The van der Waals surface area contributed by atoms with Crippen LogP contribution in [0.4, 0.5) is 5.69 Å². The largest absolute Gasteiger partial charge is 0.409 e. The van der Waals surface area contributed by atoms with Crippen molar-refractivity contribution in [2.24, 2.45) is 16.3 Å². The average Bonchev–Trinajstić information content (AvgIpc) is 2.44. The van der Waals surface area contributed by atoms with Gasteiger partial charge in [-0.2, -0.15) is 0 Å². The molecule has 0 radical (unpaired) electrons. The summed E-state index contributed by atoms with van der Waals surface area (Å²) in [5.74, 6) is -0.372. The number of anilines is 1. The van der Waals surface area contributed by atoms with Crippen LogP contribution in [0.5, 0.6) is 0 Å². The third-order valence-corrected chi connectivity index (χ3v) is 4.60. The zero-order chi connectivity index (χ0) is 15.3. The molecule has 4 N–H and O–H groups in total. The van der Waals surface area contributed by atoms with Crippen molar-refractivity contribution in [3.8, 4) is 0 Å². The number of nitrogens with one attached hydrogen (secondary N) is 1. The highest BCUT2D eigenvalue weighted by Crippen LogP contribution is 2.32. The van der Waals surface area contributed by atoms with E-state index in [-0.39, 0.29) is 11.7 Å². The van der Waals surface area contributed by atoms with E-state index in [4.69, 9.17) is 10.9 Å². The zero-order valence-electron chi connectivity index (χ0n) is 11.3. The molecule has 0 aliphatic heterocycles. The molecule has 5 nitrogen and oxygen atoms in total. The van der Waals surface area contributed by atoms with E-state index in [0.717, 1.165) is 8.95 Å². The van der Waals surface area contributed by atoms with Gasteiger partial charge >= 0.3 is 0 Å². The summed E-state index contributed by atoms with van der Waals surface area (Å²) in [5.41, 5.74) is 5.32. The van der Waals surface area contributed by atoms with Gasteiger partial charge in [-0.05, 0) is 47.0 Å². The van der Waals surface area contributed by atoms with E-state index in [0.29, 0.717) is 18.5 Å². The quantitative estimate of drug-likeness (QED) is 0.301. The molecular formula is C13H17Br2N3O2. The third kappa shape index (κ3) is 3.32. The molecule has 0 aliphatic carbocycles. The molecule has 1 rings (SSSR count). The van der Waals surface area contributed by atoms with Crippen LogP contribution in [-0.4, -0.2) is 17.0 Å². The molecule has 110 valence electrons. The molecule has 1 aromatic rings. The number of halogens is 2. The number of amides is 1. The van der Waals surface area contributed by atoms with Gasteiger partial charge in [-0.1, -0.05) is 34.9 Å². The number of amidine groups is 1. The molecule has 0 atom stereocenters. The SMILES string of the molecule is CCC(CC)(C(=O)Nc1cc(Br)ccc1Br)C(N)=NO. The molecule has 1 aromatic carbocycles. The fourth-order valence-electron chi connectivity index (χ4n) is 1.98. The summed E-state index contributed by atoms with van der Waals surface area (Å²) < 4.78 is 1.60. The van der Waals surface area contributed by atoms with Crippen LogP contribution in [0.15, 0.2) is 32.3 Å². The molecule has 0 unspecified atom stereocenters. The number of hydrogen-bond acceptors (Lipinski definition) is 3. The molecule has 0 fully saturated rings. The van der Waals surface area contributed by atoms with E-state index in [1.165, 1.54) is 0 Å². The zero-order valence-corrected chi connectivity index (χ0v) is 14.5. The minimum Gasteiger partial charge on any atom is -0.409 e. The summed E-state index contributed by atoms with van der Waals surface area (Å²) in [6.45, 7) is 3.66. The van der Waals surface area contributed by atoms with E-state index >= 15 is 0 Å². The van der Waals surface area contributed by atoms with E-state index < -0.39 is 5.41 Å². The van der Waals surface area contributed by atoms with Crippen LogP contribution in [-0.2, 0) is 4.79 Å². The van der Waals surface area contributed by atoms with Crippen LogP contribution < -0.4 is 11.1 Å². The second-order valence-corrected chi connectivity index (χ2v) is 6.12. The summed E-state index contributed by atoms with van der Waals surface area (Å²) in [6, 6.07) is 5.46. The van der Waals surface area contributed by atoms with Crippen LogP contribution in [0.1, 0.15) is 26.7 Å². The highest BCUT2D eigenvalue weighted by molar-refractivity contribution is 9.11. The maximum Gasteiger partial charge on any atom is 0.238 e. The first kappa shape index (κ1) is 17.0. The number of rotatable bonds is 5. The Kier molecular flexibility index (Phi) is 6.01. The van der Waals surface area contributed by atoms with Gasteiger partial charge < -0.3 is 16.3 Å². The molecule has 0 saturated heterocycles. The Morgan fingerprint density at radius 3 is 2.50 bits per heavy atom. The van der Waals surface area contributed by atoms with Crippen LogP contribution in [0.2, 0.25) is 0 Å². The Morgan fingerprint density at radius 1 is 1.40 bits per heavy atom. The van der Waals surface area contributed by atoms with Crippen LogP contribution in [0.25, 0.3) is 0 Å². The lowest BCUT2D eigenvalue weighted by Gasteiger charge is -2.28. The Bertz CT molecular complexity index is 528. The van der Waals surface area contributed by atoms with Gasteiger partial charge in [0.15, 0.2) is 5.84 Å². The maximum absolute atomic E-state index is 12.5. The predicted molar refractivity (Wildman–Crippen MR) is 86.9 cm³/mol. The fourth-order valence-corrected chi connectivity index (χ4v) is 2.69. The van der Waals surface area contributed by atoms with Crippen molar-refractivity contribution in [2.75, 3.05) is 5.32 Å². The van der Waals surface area contributed by atoms with Gasteiger partial charge in [0.1, 0.15) is 5.41 Å². The lowest BCUT2D eigenvalue weighted by atomic mass is 9.80. The molecule has 0 heterocycles. The first-order valence-corrected chi connectivity index (χ1v) is 7.74. The summed E-state index contributed by atoms with van der Waals surface area (Å²) in [4.78, 5) is 12.5. The molecule has 0 saturated carbocycles. The van der Waals surface area contributed by atoms with Gasteiger partial charge in [0.25, 0.3) is 0 Å². The number of benzene rings is 1. The molecule has 20 heavy (non-hydrogen) atoms. The topological polar surface area (TPSA) is 87.7 Å². The summed E-state index contributed by atoms with van der Waals surface area (Å²) in [5, 5.41) is 14.8. The highest BCUT2D eigenvalue weighted by atomic mass is 79.9. The number of nitrogens with zero attached hydrogens (tertiary/aromatic N) is 1. The Labute approximate surface area is 134 Å². The van der Waals surface area contributed by atoms with Gasteiger partial charge in [-0.3, -0.25) is 4.79 Å². The monoisotopic (exact) mass is 405 g/mol. The van der Waals surface area contributed by atoms with Crippen molar-refractivity contribution in [3.63, 3.8) is 0 Å².